The van der Waals surface area contributed by atoms with Crippen molar-refractivity contribution in [3.63, 3.8) is 0 Å². The van der Waals surface area contributed by atoms with Crippen LogP contribution in [0.4, 0.5) is 20.4 Å². The first-order valence-electron chi connectivity index (χ1n) is 8.27. The van der Waals surface area contributed by atoms with Gasteiger partial charge in [-0.3, -0.25) is 0 Å². The molecule has 1 aliphatic heterocycles. The van der Waals surface area contributed by atoms with Crippen molar-refractivity contribution in [1.29, 1.82) is 0 Å². The number of H-pyrrole nitrogens is 1. The zero-order valence-corrected chi connectivity index (χ0v) is 14.3. The molecule has 1 unspecified atom stereocenters. The van der Waals surface area contributed by atoms with Crippen LogP contribution in [-0.2, 0) is 9.47 Å². The van der Waals surface area contributed by atoms with Gasteiger partial charge in [0.15, 0.2) is 17.3 Å². The van der Waals surface area contributed by atoms with Gasteiger partial charge in [0.25, 0.3) is 0 Å². The molecule has 12 heteroatoms. The molecule has 144 valence electrons. The van der Waals surface area contributed by atoms with E-state index in [4.69, 9.17) is 9.47 Å². The standard InChI is InChI=1S/C15H17F2N7O3/c1-8(10-7-25-2-3-26-10)24-14-9(5-19-24)18-6-12(21-14)20-11-4-13(23-22-11)27-15(16)17/h4-6,8,10,15H,2-3,7H2,1H3,(H2,20,21,22,23)/t8-,10?/m0/s1. The lowest BCUT2D eigenvalue weighted by Gasteiger charge is -2.28. The molecule has 1 aliphatic rings. The largest absolute Gasteiger partial charge is 0.417 e. The number of anilines is 2. The molecule has 10 nitrogen and oxygen atoms in total. The second-order valence-electron chi connectivity index (χ2n) is 5.90. The van der Waals surface area contributed by atoms with Gasteiger partial charge in [0, 0.05) is 6.07 Å². The van der Waals surface area contributed by atoms with Gasteiger partial charge in [-0.1, -0.05) is 0 Å². The normalized spacial score (nSPS) is 18.7. The third-order valence-electron chi connectivity index (χ3n) is 4.09. The molecular formula is C15H17F2N7O3. The van der Waals surface area contributed by atoms with Crippen molar-refractivity contribution in [2.45, 2.75) is 25.7 Å². The average Bonchev–Trinajstić information content (AvgIpc) is 3.28. The summed E-state index contributed by atoms with van der Waals surface area (Å²) in [6, 6.07) is 1.19. The van der Waals surface area contributed by atoms with E-state index in [1.54, 1.807) is 10.9 Å². The molecule has 0 saturated carbocycles. The fraction of sp³-hybridized carbons (Fsp3) is 0.467. The maximum Gasteiger partial charge on any atom is 0.388 e. The van der Waals surface area contributed by atoms with Crippen molar-refractivity contribution in [3.8, 4) is 5.88 Å². The third kappa shape index (κ3) is 3.80. The number of hydrogen-bond acceptors (Lipinski definition) is 8. The first-order valence-corrected chi connectivity index (χ1v) is 8.27. The Morgan fingerprint density at radius 2 is 2.22 bits per heavy atom. The van der Waals surface area contributed by atoms with Gasteiger partial charge in [-0.05, 0) is 6.92 Å². The Bertz CT molecular complexity index is 910. The van der Waals surface area contributed by atoms with E-state index in [1.165, 1.54) is 12.3 Å². The molecular weight excluding hydrogens is 364 g/mol. The molecule has 0 spiro atoms. The van der Waals surface area contributed by atoms with Gasteiger partial charge >= 0.3 is 6.61 Å². The number of nitrogens with zero attached hydrogens (tertiary/aromatic N) is 5. The Balaban J connectivity index is 1.55. The van der Waals surface area contributed by atoms with E-state index in [-0.39, 0.29) is 23.8 Å². The molecule has 27 heavy (non-hydrogen) atoms. The fourth-order valence-electron chi connectivity index (χ4n) is 2.78. The Labute approximate surface area is 151 Å². The molecule has 3 aromatic rings. The van der Waals surface area contributed by atoms with Crippen molar-refractivity contribution in [3.05, 3.63) is 18.5 Å². The lowest BCUT2D eigenvalue weighted by Crippen LogP contribution is -2.35. The molecule has 1 saturated heterocycles. The summed E-state index contributed by atoms with van der Waals surface area (Å²) in [5.74, 6) is 0.490. The van der Waals surface area contributed by atoms with E-state index in [1.807, 2.05) is 6.92 Å². The zero-order valence-electron chi connectivity index (χ0n) is 14.3. The highest BCUT2D eigenvalue weighted by atomic mass is 19.3. The van der Waals surface area contributed by atoms with Gasteiger partial charge in [-0.15, -0.1) is 0 Å². The highest BCUT2D eigenvalue weighted by Gasteiger charge is 2.25. The molecule has 4 rings (SSSR count). The second kappa shape index (κ2) is 7.40. The van der Waals surface area contributed by atoms with E-state index in [9.17, 15) is 8.78 Å². The maximum atomic E-state index is 12.2. The summed E-state index contributed by atoms with van der Waals surface area (Å²) in [4.78, 5) is 8.82. The summed E-state index contributed by atoms with van der Waals surface area (Å²) in [7, 11) is 0. The number of aromatic amines is 1. The van der Waals surface area contributed by atoms with Crippen LogP contribution in [0, 0.1) is 0 Å². The molecule has 0 amide bonds. The lowest BCUT2D eigenvalue weighted by molar-refractivity contribution is -0.106. The van der Waals surface area contributed by atoms with Crippen LogP contribution < -0.4 is 10.1 Å². The minimum Gasteiger partial charge on any atom is -0.417 e. The summed E-state index contributed by atoms with van der Waals surface area (Å²) >= 11 is 0. The molecule has 0 aromatic carbocycles. The van der Waals surface area contributed by atoms with E-state index in [0.717, 1.165) is 0 Å². The van der Waals surface area contributed by atoms with Crippen LogP contribution in [0.5, 0.6) is 5.88 Å². The van der Waals surface area contributed by atoms with Crippen LogP contribution in [0.25, 0.3) is 11.2 Å². The Kier molecular flexibility index (Phi) is 4.81. The van der Waals surface area contributed by atoms with Crippen molar-refractivity contribution >= 4 is 22.8 Å². The van der Waals surface area contributed by atoms with Gasteiger partial charge in [0.2, 0.25) is 5.88 Å². The predicted molar refractivity (Wildman–Crippen MR) is 89.1 cm³/mol. The quantitative estimate of drug-likeness (QED) is 0.666. The second-order valence-corrected chi connectivity index (χ2v) is 5.90. The van der Waals surface area contributed by atoms with E-state index in [2.05, 4.69) is 35.3 Å². The van der Waals surface area contributed by atoms with Crippen LogP contribution in [0.15, 0.2) is 18.5 Å². The number of nitrogens with one attached hydrogen (secondary N) is 2. The average molecular weight is 381 g/mol. The van der Waals surface area contributed by atoms with Gasteiger partial charge in [-0.2, -0.15) is 19.0 Å². The van der Waals surface area contributed by atoms with Gasteiger partial charge in [0.1, 0.15) is 11.6 Å². The SMILES string of the molecule is C[C@@H](C1COCCO1)n1ncc2ncc(Nc3cc(OC(F)F)[nH]n3)nc21. The third-order valence-corrected chi connectivity index (χ3v) is 4.09. The smallest absolute Gasteiger partial charge is 0.388 e. The lowest BCUT2D eigenvalue weighted by atomic mass is 10.2. The monoisotopic (exact) mass is 381 g/mol. The summed E-state index contributed by atoms with van der Waals surface area (Å²) in [6.07, 6.45) is 2.98. The number of fused-ring (bicyclic) bond motifs is 1. The predicted octanol–water partition coefficient (Wildman–Crippen LogP) is 1.87. The van der Waals surface area contributed by atoms with Crippen molar-refractivity contribution < 1.29 is 23.0 Å². The molecule has 0 aliphatic carbocycles. The van der Waals surface area contributed by atoms with E-state index < -0.39 is 6.61 Å². The molecule has 3 aromatic heterocycles. The number of halogens is 2. The Hall–Kier alpha value is -2.86. The summed E-state index contributed by atoms with van der Waals surface area (Å²) in [6.45, 7) is 0.632. The molecule has 0 radical (unpaired) electrons. The Morgan fingerprint density at radius 1 is 1.33 bits per heavy atom. The Morgan fingerprint density at radius 3 is 3.00 bits per heavy atom. The van der Waals surface area contributed by atoms with Crippen LogP contribution in [-0.4, -0.2) is 62.5 Å². The fourth-order valence-corrected chi connectivity index (χ4v) is 2.78. The van der Waals surface area contributed by atoms with Crippen LogP contribution in [0.1, 0.15) is 13.0 Å². The minimum absolute atomic E-state index is 0.108. The first-order chi connectivity index (χ1) is 13.1. The minimum atomic E-state index is -2.93. The molecule has 1 fully saturated rings. The van der Waals surface area contributed by atoms with Crippen molar-refractivity contribution in [1.82, 2.24) is 29.9 Å². The number of rotatable bonds is 6. The topological polar surface area (TPSA) is 112 Å². The zero-order chi connectivity index (χ0) is 18.8. The first kappa shape index (κ1) is 17.5. The molecule has 2 atom stereocenters. The molecule has 4 heterocycles. The van der Waals surface area contributed by atoms with Gasteiger partial charge < -0.3 is 19.5 Å². The van der Waals surface area contributed by atoms with Crippen molar-refractivity contribution in [2.24, 2.45) is 0 Å². The number of aromatic nitrogens is 6. The summed E-state index contributed by atoms with van der Waals surface area (Å²) in [5, 5.41) is 13.4. The highest BCUT2D eigenvalue weighted by Crippen LogP contribution is 2.23. The van der Waals surface area contributed by atoms with Crippen LogP contribution in [0.2, 0.25) is 0 Å². The number of alkyl halides is 2. The van der Waals surface area contributed by atoms with Crippen LogP contribution in [0.3, 0.4) is 0 Å². The van der Waals surface area contributed by atoms with Crippen molar-refractivity contribution in [2.75, 3.05) is 25.1 Å². The summed E-state index contributed by atoms with van der Waals surface area (Å²) < 4.78 is 41.6. The number of hydrogen-bond donors (Lipinski definition) is 2. The maximum absolute atomic E-state index is 12.2. The van der Waals surface area contributed by atoms with Gasteiger partial charge in [0.05, 0.1) is 38.3 Å². The molecule has 2 N–H and O–H groups in total. The van der Waals surface area contributed by atoms with E-state index in [0.29, 0.717) is 36.8 Å². The highest BCUT2D eigenvalue weighted by molar-refractivity contribution is 5.72. The van der Waals surface area contributed by atoms with Gasteiger partial charge in [-0.25, -0.2) is 19.7 Å². The summed E-state index contributed by atoms with van der Waals surface area (Å²) in [5.41, 5.74) is 1.18. The van der Waals surface area contributed by atoms with Crippen LogP contribution >= 0.6 is 0 Å². The number of ether oxygens (including phenoxy) is 3. The van der Waals surface area contributed by atoms with E-state index >= 15 is 0 Å². The molecule has 0 bridgehead atoms.